The van der Waals surface area contributed by atoms with Crippen LogP contribution in [0.5, 0.6) is 11.5 Å². The molecule has 1 aromatic carbocycles. The van der Waals surface area contributed by atoms with Gasteiger partial charge in [0.2, 0.25) is 0 Å². The SMILES string of the molecule is COc1cc(C(C)NC(=O)NCc2cccnc2-n2cccn2)ccc1OC(C)C. The van der Waals surface area contributed by atoms with E-state index in [1.54, 1.807) is 24.2 Å². The summed E-state index contributed by atoms with van der Waals surface area (Å²) in [6, 6.07) is 10.7. The molecule has 0 bridgehead atoms. The van der Waals surface area contributed by atoms with Gasteiger partial charge in [-0.3, -0.25) is 0 Å². The number of amides is 2. The number of hydrogen-bond donors (Lipinski definition) is 2. The van der Waals surface area contributed by atoms with Crippen LogP contribution in [0.25, 0.3) is 5.82 Å². The minimum absolute atomic E-state index is 0.0465. The summed E-state index contributed by atoms with van der Waals surface area (Å²) < 4.78 is 12.8. The van der Waals surface area contributed by atoms with Crippen LogP contribution in [0.1, 0.15) is 37.9 Å². The lowest BCUT2D eigenvalue weighted by Crippen LogP contribution is -2.36. The van der Waals surface area contributed by atoms with Crippen molar-refractivity contribution in [3.05, 3.63) is 66.1 Å². The van der Waals surface area contributed by atoms with E-state index in [-0.39, 0.29) is 18.2 Å². The Bertz CT molecular complexity index is 973. The second kappa shape index (κ2) is 9.78. The van der Waals surface area contributed by atoms with E-state index in [1.165, 1.54) is 0 Å². The van der Waals surface area contributed by atoms with Crippen molar-refractivity contribution >= 4 is 6.03 Å². The van der Waals surface area contributed by atoms with Crippen LogP contribution in [-0.4, -0.2) is 34.0 Å². The van der Waals surface area contributed by atoms with E-state index in [0.717, 1.165) is 11.1 Å². The molecule has 1 unspecified atom stereocenters. The highest BCUT2D eigenvalue weighted by Gasteiger charge is 2.14. The first-order valence-corrected chi connectivity index (χ1v) is 9.80. The third-order valence-corrected chi connectivity index (χ3v) is 4.43. The van der Waals surface area contributed by atoms with Crippen molar-refractivity contribution < 1.29 is 14.3 Å². The highest BCUT2D eigenvalue weighted by molar-refractivity contribution is 5.74. The minimum atomic E-state index is -0.278. The molecule has 30 heavy (non-hydrogen) atoms. The van der Waals surface area contributed by atoms with Crippen molar-refractivity contribution in [2.24, 2.45) is 0 Å². The van der Waals surface area contributed by atoms with Crippen molar-refractivity contribution in [2.75, 3.05) is 7.11 Å². The minimum Gasteiger partial charge on any atom is -0.493 e. The zero-order chi connectivity index (χ0) is 21.5. The van der Waals surface area contributed by atoms with E-state index in [4.69, 9.17) is 9.47 Å². The van der Waals surface area contributed by atoms with E-state index in [9.17, 15) is 4.79 Å². The number of methoxy groups -OCH3 is 1. The molecule has 3 rings (SSSR count). The van der Waals surface area contributed by atoms with Gasteiger partial charge in [0, 0.05) is 30.7 Å². The first kappa shape index (κ1) is 21.2. The number of carbonyl (C=O) groups excluding carboxylic acids is 1. The van der Waals surface area contributed by atoms with E-state index in [0.29, 0.717) is 23.9 Å². The number of ether oxygens (including phenoxy) is 2. The number of hydrogen-bond acceptors (Lipinski definition) is 5. The highest BCUT2D eigenvalue weighted by atomic mass is 16.5. The molecule has 0 aliphatic rings. The predicted molar refractivity (Wildman–Crippen MR) is 114 cm³/mol. The van der Waals surface area contributed by atoms with Gasteiger partial charge in [0.25, 0.3) is 0 Å². The topological polar surface area (TPSA) is 90.3 Å². The number of urea groups is 1. The molecular weight excluding hydrogens is 382 g/mol. The Kier molecular flexibility index (Phi) is 6.90. The molecule has 1 atom stereocenters. The predicted octanol–water partition coefficient (Wildman–Crippen LogP) is 3.62. The molecule has 2 amide bonds. The first-order chi connectivity index (χ1) is 14.5. The lowest BCUT2D eigenvalue weighted by molar-refractivity contribution is 0.230. The number of nitrogens with one attached hydrogen (secondary N) is 2. The largest absolute Gasteiger partial charge is 0.493 e. The lowest BCUT2D eigenvalue weighted by atomic mass is 10.1. The monoisotopic (exact) mass is 409 g/mol. The fourth-order valence-electron chi connectivity index (χ4n) is 2.98. The maximum atomic E-state index is 12.4. The van der Waals surface area contributed by atoms with Crippen molar-refractivity contribution in [1.82, 2.24) is 25.4 Å². The zero-order valence-corrected chi connectivity index (χ0v) is 17.6. The van der Waals surface area contributed by atoms with Gasteiger partial charge in [0.05, 0.1) is 19.3 Å². The molecule has 0 saturated carbocycles. The van der Waals surface area contributed by atoms with Gasteiger partial charge in [0.1, 0.15) is 0 Å². The number of nitrogens with zero attached hydrogens (tertiary/aromatic N) is 3. The highest BCUT2D eigenvalue weighted by Crippen LogP contribution is 2.31. The molecule has 0 aliphatic heterocycles. The van der Waals surface area contributed by atoms with Crippen LogP contribution in [0.4, 0.5) is 4.79 Å². The second-order valence-corrected chi connectivity index (χ2v) is 7.06. The summed E-state index contributed by atoms with van der Waals surface area (Å²) in [4.78, 5) is 16.8. The van der Waals surface area contributed by atoms with Crippen molar-refractivity contribution in [3.8, 4) is 17.3 Å². The summed E-state index contributed by atoms with van der Waals surface area (Å²) in [6.45, 7) is 6.16. The second-order valence-electron chi connectivity index (χ2n) is 7.06. The van der Waals surface area contributed by atoms with Crippen LogP contribution in [-0.2, 0) is 6.54 Å². The van der Waals surface area contributed by atoms with E-state index in [1.807, 2.05) is 63.4 Å². The molecule has 0 aliphatic carbocycles. The normalized spacial score (nSPS) is 11.8. The Hall–Kier alpha value is -3.55. The summed E-state index contributed by atoms with van der Waals surface area (Å²) in [7, 11) is 1.60. The lowest BCUT2D eigenvalue weighted by Gasteiger charge is -2.18. The van der Waals surface area contributed by atoms with Gasteiger partial charge in [-0.15, -0.1) is 0 Å². The van der Waals surface area contributed by atoms with Gasteiger partial charge in [0.15, 0.2) is 17.3 Å². The van der Waals surface area contributed by atoms with Crippen LogP contribution in [0.3, 0.4) is 0 Å². The fraction of sp³-hybridized carbons (Fsp3) is 0.318. The van der Waals surface area contributed by atoms with Crippen LogP contribution in [0.2, 0.25) is 0 Å². The molecular formula is C22H27N5O3. The van der Waals surface area contributed by atoms with Crippen molar-refractivity contribution in [1.29, 1.82) is 0 Å². The molecule has 0 radical (unpaired) electrons. The van der Waals surface area contributed by atoms with Gasteiger partial charge in [-0.05, 0) is 50.6 Å². The van der Waals surface area contributed by atoms with Crippen molar-refractivity contribution in [2.45, 2.75) is 39.5 Å². The maximum Gasteiger partial charge on any atom is 0.315 e. The van der Waals surface area contributed by atoms with Gasteiger partial charge >= 0.3 is 6.03 Å². The molecule has 2 N–H and O–H groups in total. The summed E-state index contributed by atoms with van der Waals surface area (Å²) in [5.41, 5.74) is 1.78. The number of carbonyl (C=O) groups is 1. The average Bonchev–Trinajstić information content (AvgIpc) is 3.27. The number of rotatable bonds is 8. The standard InChI is InChI=1S/C22H27N5O3/c1-15(2)30-19-9-8-17(13-20(19)29-4)16(3)26-22(28)24-14-18-7-5-10-23-21(18)27-12-6-11-25-27/h5-13,15-16H,14H2,1-4H3,(H2,24,26,28). The maximum absolute atomic E-state index is 12.4. The smallest absolute Gasteiger partial charge is 0.315 e. The van der Waals surface area contributed by atoms with Crippen LogP contribution >= 0.6 is 0 Å². The van der Waals surface area contributed by atoms with Crippen LogP contribution in [0, 0.1) is 0 Å². The molecule has 158 valence electrons. The molecule has 0 saturated heterocycles. The zero-order valence-electron chi connectivity index (χ0n) is 17.6. The average molecular weight is 409 g/mol. The molecule has 3 aromatic rings. The first-order valence-electron chi connectivity index (χ1n) is 9.80. The van der Waals surface area contributed by atoms with Gasteiger partial charge < -0.3 is 20.1 Å². The third-order valence-electron chi connectivity index (χ3n) is 4.43. The Balaban J connectivity index is 1.62. The Morgan fingerprint density at radius 1 is 1.13 bits per heavy atom. The van der Waals surface area contributed by atoms with Crippen molar-refractivity contribution in [3.63, 3.8) is 0 Å². The number of aromatic nitrogens is 3. The third kappa shape index (κ3) is 5.28. The summed E-state index contributed by atoms with van der Waals surface area (Å²) in [6.07, 6.45) is 5.24. The van der Waals surface area contributed by atoms with E-state index in [2.05, 4.69) is 20.7 Å². The van der Waals surface area contributed by atoms with E-state index < -0.39 is 0 Å². The quantitative estimate of drug-likeness (QED) is 0.593. The Morgan fingerprint density at radius 3 is 2.67 bits per heavy atom. The van der Waals surface area contributed by atoms with Crippen LogP contribution < -0.4 is 20.1 Å². The Labute approximate surface area is 176 Å². The van der Waals surface area contributed by atoms with Crippen LogP contribution in [0.15, 0.2) is 55.0 Å². The summed E-state index contributed by atoms with van der Waals surface area (Å²) in [5, 5.41) is 10.0. The molecule has 8 nitrogen and oxygen atoms in total. The molecule has 2 aromatic heterocycles. The number of benzene rings is 1. The summed E-state index contributed by atoms with van der Waals surface area (Å²) >= 11 is 0. The Morgan fingerprint density at radius 2 is 1.97 bits per heavy atom. The molecule has 8 heteroatoms. The fourth-order valence-corrected chi connectivity index (χ4v) is 2.98. The summed E-state index contributed by atoms with van der Waals surface area (Å²) in [5.74, 6) is 1.99. The molecule has 0 spiro atoms. The van der Waals surface area contributed by atoms with Gasteiger partial charge in [-0.2, -0.15) is 5.10 Å². The number of pyridine rings is 1. The van der Waals surface area contributed by atoms with Gasteiger partial charge in [-0.25, -0.2) is 14.5 Å². The van der Waals surface area contributed by atoms with E-state index >= 15 is 0 Å². The van der Waals surface area contributed by atoms with Gasteiger partial charge in [-0.1, -0.05) is 12.1 Å². The molecule has 0 fully saturated rings. The molecule has 2 heterocycles.